The van der Waals surface area contributed by atoms with Gasteiger partial charge in [-0.25, -0.2) is 4.39 Å². The summed E-state index contributed by atoms with van der Waals surface area (Å²) < 4.78 is 19.9. The van der Waals surface area contributed by atoms with Crippen LogP contribution in [0.2, 0.25) is 15.1 Å². The molecule has 2 N–H and O–H groups in total. The zero-order valence-electron chi connectivity index (χ0n) is 16.1. The minimum atomic E-state index is -0.637. The van der Waals surface area contributed by atoms with Crippen LogP contribution in [0, 0.1) is 11.7 Å². The van der Waals surface area contributed by atoms with Crippen molar-refractivity contribution in [3.8, 4) is 11.5 Å². The third-order valence-corrected chi connectivity index (χ3v) is 5.56. The third-order valence-electron chi connectivity index (χ3n) is 4.73. The topological polar surface area (TPSA) is 63.2 Å². The molecule has 1 aliphatic rings. The molecule has 3 aromatic rings. The maximum atomic E-state index is 14.1. The molecule has 0 spiro atoms. The molecule has 0 unspecified atom stereocenters. The van der Waals surface area contributed by atoms with Crippen molar-refractivity contribution >= 4 is 52.1 Å². The predicted molar refractivity (Wildman–Crippen MR) is 121 cm³/mol. The summed E-state index contributed by atoms with van der Waals surface area (Å²) in [6.45, 7) is 0.722. The van der Waals surface area contributed by atoms with Gasteiger partial charge in [0.05, 0.1) is 21.4 Å². The van der Waals surface area contributed by atoms with Crippen molar-refractivity contribution in [2.24, 2.45) is 5.92 Å². The maximum Gasteiger partial charge on any atom is 0.261 e. The number of nitrogens with zero attached hydrogens (tertiary/aromatic N) is 1. The molecule has 1 fully saturated rings. The van der Waals surface area contributed by atoms with Gasteiger partial charge in [0.2, 0.25) is 0 Å². The Morgan fingerprint density at radius 3 is 2.65 bits per heavy atom. The summed E-state index contributed by atoms with van der Waals surface area (Å²) in [7, 11) is 0. The van der Waals surface area contributed by atoms with E-state index >= 15 is 0 Å². The molecule has 0 saturated heterocycles. The summed E-state index contributed by atoms with van der Waals surface area (Å²) in [6, 6.07) is 8.93. The molecule has 1 amide bonds. The first-order chi connectivity index (χ1) is 14.9. The maximum absolute atomic E-state index is 14.1. The molecule has 0 bridgehead atoms. The van der Waals surface area contributed by atoms with Crippen LogP contribution in [0.15, 0.2) is 48.8 Å². The highest BCUT2D eigenvalue weighted by atomic mass is 35.5. The lowest BCUT2D eigenvalue weighted by atomic mass is 10.2. The summed E-state index contributed by atoms with van der Waals surface area (Å²) in [5.41, 5.74) is 0.945. The van der Waals surface area contributed by atoms with E-state index in [2.05, 4.69) is 15.6 Å². The molecule has 0 radical (unpaired) electrons. The molecule has 1 aromatic heterocycles. The van der Waals surface area contributed by atoms with Crippen molar-refractivity contribution in [2.45, 2.75) is 12.8 Å². The van der Waals surface area contributed by atoms with Crippen LogP contribution in [-0.2, 0) is 0 Å². The Balaban J connectivity index is 1.59. The number of anilines is 2. The van der Waals surface area contributed by atoms with Gasteiger partial charge in [-0.3, -0.25) is 9.78 Å². The second kappa shape index (κ2) is 9.30. The molecule has 1 aliphatic carbocycles. The smallest absolute Gasteiger partial charge is 0.261 e. The van der Waals surface area contributed by atoms with Crippen molar-refractivity contribution in [3.05, 3.63) is 75.2 Å². The Bertz CT molecular complexity index is 1140. The second-order valence-electron chi connectivity index (χ2n) is 7.14. The van der Waals surface area contributed by atoms with E-state index in [1.165, 1.54) is 30.6 Å². The Morgan fingerprint density at radius 2 is 1.87 bits per heavy atom. The van der Waals surface area contributed by atoms with E-state index in [1.807, 2.05) is 0 Å². The summed E-state index contributed by atoms with van der Waals surface area (Å²) in [6.07, 6.45) is 5.12. The minimum absolute atomic E-state index is 0.0303. The number of carbonyl (C=O) groups excluding carboxylic acids is 1. The number of halogens is 4. The van der Waals surface area contributed by atoms with Crippen molar-refractivity contribution in [3.63, 3.8) is 0 Å². The van der Waals surface area contributed by atoms with Gasteiger partial charge in [-0.05, 0) is 43.0 Å². The van der Waals surface area contributed by atoms with Crippen LogP contribution in [-0.4, -0.2) is 17.4 Å². The minimum Gasteiger partial charge on any atom is -0.455 e. The number of aromatic nitrogens is 1. The largest absolute Gasteiger partial charge is 0.455 e. The second-order valence-corrected chi connectivity index (χ2v) is 8.39. The molecular formula is C22H17Cl3FN3O2. The third kappa shape index (κ3) is 5.39. The van der Waals surface area contributed by atoms with Crippen LogP contribution in [0.4, 0.5) is 15.8 Å². The fraction of sp³-hybridized carbons (Fsp3) is 0.182. The van der Waals surface area contributed by atoms with Gasteiger partial charge in [0, 0.05) is 36.1 Å². The van der Waals surface area contributed by atoms with Gasteiger partial charge in [-0.1, -0.05) is 34.8 Å². The van der Waals surface area contributed by atoms with Crippen LogP contribution < -0.4 is 15.4 Å². The first-order valence-electron chi connectivity index (χ1n) is 9.52. The van der Waals surface area contributed by atoms with Gasteiger partial charge < -0.3 is 15.4 Å². The van der Waals surface area contributed by atoms with E-state index in [1.54, 1.807) is 18.2 Å². The Kier molecular flexibility index (Phi) is 6.51. The van der Waals surface area contributed by atoms with Crippen molar-refractivity contribution in [1.29, 1.82) is 0 Å². The molecule has 2 aromatic carbocycles. The van der Waals surface area contributed by atoms with Gasteiger partial charge >= 0.3 is 0 Å². The average molecular weight is 481 g/mol. The lowest BCUT2D eigenvalue weighted by molar-refractivity contribution is 0.102. The molecule has 9 heteroatoms. The quantitative estimate of drug-likeness (QED) is 0.380. The summed E-state index contributed by atoms with van der Waals surface area (Å²) >= 11 is 18.1. The monoisotopic (exact) mass is 479 g/mol. The normalized spacial score (nSPS) is 13.0. The number of pyridine rings is 1. The SMILES string of the molecule is O=C(Nc1cc(F)c(Cl)cc1NCC1CC1)c1cnccc1Oc1cc(Cl)ccc1Cl. The fourth-order valence-electron chi connectivity index (χ4n) is 2.88. The van der Waals surface area contributed by atoms with E-state index < -0.39 is 11.7 Å². The molecule has 1 saturated carbocycles. The molecule has 0 aliphatic heterocycles. The molecule has 0 atom stereocenters. The number of hydrogen-bond acceptors (Lipinski definition) is 4. The summed E-state index contributed by atoms with van der Waals surface area (Å²) in [5.74, 6) is -0.0785. The number of nitrogens with one attached hydrogen (secondary N) is 2. The standard InChI is InChI=1S/C22H17Cl3FN3O2/c23-13-3-4-15(24)21(7-13)31-20-5-6-27-11-14(20)22(30)29-19-9-17(26)16(25)8-18(19)28-10-12-1-2-12/h3-9,11-12,28H,1-2,10H2,(H,29,30). The molecule has 5 nitrogen and oxygen atoms in total. The number of rotatable bonds is 7. The molecule has 1 heterocycles. The summed E-state index contributed by atoms with van der Waals surface area (Å²) in [5, 5.41) is 6.67. The number of amides is 1. The average Bonchev–Trinajstić information content (AvgIpc) is 3.57. The fourth-order valence-corrected chi connectivity index (χ4v) is 3.36. The highest BCUT2D eigenvalue weighted by Gasteiger charge is 2.22. The molecule has 4 rings (SSSR count). The molecular weight excluding hydrogens is 464 g/mol. The van der Waals surface area contributed by atoms with E-state index in [9.17, 15) is 9.18 Å². The van der Waals surface area contributed by atoms with Gasteiger partial charge in [0.1, 0.15) is 22.9 Å². The number of carbonyl (C=O) groups is 1. The Labute approximate surface area is 193 Å². The van der Waals surface area contributed by atoms with Crippen molar-refractivity contribution in [1.82, 2.24) is 4.98 Å². The lowest BCUT2D eigenvalue weighted by Gasteiger charge is -2.16. The number of ether oxygens (including phenoxy) is 1. The number of benzene rings is 2. The van der Waals surface area contributed by atoms with Crippen LogP contribution in [0.3, 0.4) is 0 Å². The van der Waals surface area contributed by atoms with E-state index in [0.29, 0.717) is 27.4 Å². The highest BCUT2D eigenvalue weighted by molar-refractivity contribution is 6.34. The van der Waals surface area contributed by atoms with Crippen LogP contribution in [0.1, 0.15) is 23.2 Å². The first kappa shape index (κ1) is 21.7. The summed E-state index contributed by atoms with van der Waals surface area (Å²) in [4.78, 5) is 17.0. The molecule has 31 heavy (non-hydrogen) atoms. The van der Waals surface area contributed by atoms with Gasteiger partial charge in [0.25, 0.3) is 5.91 Å². The zero-order valence-corrected chi connectivity index (χ0v) is 18.4. The lowest BCUT2D eigenvalue weighted by Crippen LogP contribution is -2.16. The van der Waals surface area contributed by atoms with Crippen molar-refractivity contribution < 1.29 is 13.9 Å². The van der Waals surface area contributed by atoms with Gasteiger partial charge in [0.15, 0.2) is 0 Å². The van der Waals surface area contributed by atoms with Gasteiger partial charge in [-0.2, -0.15) is 0 Å². The number of hydrogen-bond donors (Lipinski definition) is 2. The van der Waals surface area contributed by atoms with Crippen molar-refractivity contribution in [2.75, 3.05) is 17.2 Å². The van der Waals surface area contributed by atoms with E-state index in [-0.39, 0.29) is 22.0 Å². The van der Waals surface area contributed by atoms with E-state index in [0.717, 1.165) is 19.4 Å². The predicted octanol–water partition coefficient (Wildman–Crippen LogP) is 7.05. The molecule has 160 valence electrons. The highest BCUT2D eigenvalue weighted by Crippen LogP contribution is 2.35. The first-order valence-corrected chi connectivity index (χ1v) is 10.7. The Morgan fingerprint density at radius 1 is 1.06 bits per heavy atom. The Hall–Kier alpha value is -2.54. The van der Waals surface area contributed by atoms with Crippen LogP contribution in [0.5, 0.6) is 11.5 Å². The van der Waals surface area contributed by atoms with Crippen LogP contribution in [0.25, 0.3) is 0 Å². The van der Waals surface area contributed by atoms with E-state index in [4.69, 9.17) is 39.5 Å². The zero-order chi connectivity index (χ0) is 22.0. The van der Waals surface area contributed by atoms with Gasteiger partial charge in [-0.15, -0.1) is 0 Å². The van der Waals surface area contributed by atoms with Crippen LogP contribution >= 0.6 is 34.8 Å².